The number of rotatable bonds is 2. The van der Waals surface area contributed by atoms with Crippen LogP contribution in [0.5, 0.6) is 0 Å². The lowest BCUT2D eigenvalue weighted by Crippen LogP contribution is -2.10. The van der Waals surface area contributed by atoms with Crippen molar-refractivity contribution in [2.75, 3.05) is 0 Å². The molecule has 2 nitrogen and oxygen atoms in total. The maximum absolute atomic E-state index is 10.8. The van der Waals surface area contributed by atoms with Crippen LogP contribution in [0.1, 0.15) is 41.7 Å². The Kier molecular flexibility index (Phi) is 3.35. The van der Waals surface area contributed by atoms with Crippen LogP contribution in [-0.2, 0) is 5.41 Å². The zero-order valence-corrected chi connectivity index (χ0v) is 12.0. The van der Waals surface area contributed by atoms with Crippen molar-refractivity contribution in [3.63, 3.8) is 0 Å². The highest BCUT2D eigenvalue weighted by Gasteiger charge is 2.14. The Morgan fingerprint density at radius 1 is 1.17 bits per heavy atom. The molecule has 0 N–H and O–H groups in total. The summed E-state index contributed by atoms with van der Waals surface area (Å²) in [5, 5.41) is 0.912. The molecule has 0 fully saturated rings. The van der Waals surface area contributed by atoms with E-state index >= 15 is 0 Å². The lowest BCUT2D eigenvalue weighted by molar-refractivity contribution is 0.112. The minimum absolute atomic E-state index is 0.158. The van der Waals surface area contributed by atoms with Gasteiger partial charge in [0.25, 0.3) is 0 Å². The third kappa shape index (κ3) is 2.51. The van der Waals surface area contributed by atoms with Crippen LogP contribution in [0.4, 0.5) is 0 Å². The molecule has 1 aromatic heterocycles. The normalized spacial score (nSPS) is 11.6. The van der Waals surface area contributed by atoms with Crippen LogP contribution in [0.3, 0.4) is 0 Å². The number of benzene rings is 1. The first-order valence-electron chi connectivity index (χ1n) is 5.95. The quantitative estimate of drug-likeness (QED) is 0.755. The molecular weight excluding hydrogens is 242 g/mol. The summed E-state index contributed by atoms with van der Waals surface area (Å²) in [5.74, 6) is 0. The molecule has 0 unspecified atom stereocenters. The van der Waals surface area contributed by atoms with Crippen molar-refractivity contribution in [2.45, 2.75) is 33.1 Å². The molecule has 1 aromatic carbocycles. The summed E-state index contributed by atoms with van der Waals surface area (Å²) in [6, 6.07) is 8.42. The van der Waals surface area contributed by atoms with E-state index in [0.717, 1.165) is 22.6 Å². The molecule has 94 valence electrons. The van der Waals surface area contributed by atoms with E-state index in [0.29, 0.717) is 4.88 Å². The predicted molar refractivity (Wildman–Crippen MR) is 76.4 cm³/mol. The standard InChI is InChI=1S/C15H17NOS/c1-10-13(9-17)18-14(16-10)11-5-7-12(8-6-11)15(2,3)4/h5-9H,1-4H3. The second-order valence-corrected chi connectivity index (χ2v) is 6.44. The van der Waals surface area contributed by atoms with Crippen LogP contribution >= 0.6 is 11.3 Å². The Hall–Kier alpha value is -1.48. The average molecular weight is 259 g/mol. The fourth-order valence-electron chi connectivity index (χ4n) is 1.75. The summed E-state index contributed by atoms with van der Waals surface area (Å²) in [5.41, 5.74) is 3.34. The van der Waals surface area contributed by atoms with Crippen molar-refractivity contribution >= 4 is 17.6 Å². The van der Waals surface area contributed by atoms with Gasteiger partial charge in [-0.1, -0.05) is 45.0 Å². The van der Waals surface area contributed by atoms with E-state index in [4.69, 9.17) is 0 Å². The molecule has 0 spiro atoms. The minimum Gasteiger partial charge on any atom is -0.297 e. The second-order valence-electron chi connectivity index (χ2n) is 5.41. The third-order valence-corrected chi connectivity index (χ3v) is 4.07. The van der Waals surface area contributed by atoms with E-state index in [2.05, 4.69) is 50.0 Å². The number of carbonyl (C=O) groups is 1. The number of nitrogens with zero attached hydrogens (tertiary/aromatic N) is 1. The van der Waals surface area contributed by atoms with Crippen LogP contribution in [0.2, 0.25) is 0 Å². The van der Waals surface area contributed by atoms with Crippen molar-refractivity contribution in [2.24, 2.45) is 0 Å². The number of thiazole rings is 1. The summed E-state index contributed by atoms with van der Waals surface area (Å²) in [4.78, 5) is 16.0. The van der Waals surface area contributed by atoms with Crippen molar-refractivity contribution in [3.05, 3.63) is 40.4 Å². The van der Waals surface area contributed by atoms with Gasteiger partial charge in [0.15, 0.2) is 6.29 Å². The Morgan fingerprint density at radius 3 is 2.22 bits per heavy atom. The fraction of sp³-hybridized carbons (Fsp3) is 0.333. The Morgan fingerprint density at radius 2 is 1.78 bits per heavy atom. The molecular formula is C15H17NOS. The van der Waals surface area contributed by atoms with Gasteiger partial charge < -0.3 is 0 Å². The highest BCUT2D eigenvalue weighted by Crippen LogP contribution is 2.29. The first kappa shape index (κ1) is 13.0. The first-order valence-corrected chi connectivity index (χ1v) is 6.77. The van der Waals surface area contributed by atoms with Crippen LogP contribution < -0.4 is 0 Å². The molecule has 0 amide bonds. The molecule has 0 bridgehead atoms. The second kappa shape index (κ2) is 4.65. The van der Waals surface area contributed by atoms with Gasteiger partial charge in [-0.15, -0.1) is 11.3 Å². The molecule has 1 heterocycles. The van der Waals surface area contributed by atoms with E-state index < -0.39 is 0 Å². The summed E-state index contributed by atoms with van der Waals surface area (Å²) < 4.78 is 0. The SMILES string of the molecule is Cc1nc(-c2ccc(C(C)(C)C)cc2)sc1C=O. The molecule has 2 rings (SSSR count). The number of aryl methyl sites for hydroxylation is 1. The molecule has 3 heteroatoms. The molecule has 0 aliphatic heterocycles. The van der Waals surface area contributed by atoms with E-state index in [1.54, 1.807) is 0 Å². The molecule has 0 aliphatic rings. The van der Waals surface area contributed by atoms with Gasteiger partial charge >= 0.3 is 0 Å². The van der Waals surface area contributed by atoms with E-state index in [1.807, 2.05) is 6.92 Å². The van der Waals surface area contributed by atoms with Gasteiger partial charge in [0.2, 0.25) is 0 Å². The zero-order chi connectivity index (χ0) is 13.3. The highest BCUT2D eigenvalue weighted by molar-refractivity contribution is 7.16. The maximum atomic E-state index is 10.8. The van der Waals surface area contributed by atoms with Crippen LogP contribution in [-0.4, -0.2) is 11.3 Å². The molecule has 2 aromatic rings. The molecule has 0 atom stereocenters. The summed E-state index contributed by atoms with van der Waals surface area (Å²) in [6.45, 7) is 8.45. The lowest BCUT2D eigenvalue weighted by Gasteiger charge is -2.18. The molecule has 18 heavy (non-hydrogen) atoms. The van der Waals surface area contributed by atoms with Crippen molar-refractivity contribution in [1.29, 1.82) is 0 Å². The van der Waals surface area contributed by atoms with Gasteiger partial charge in [-0.2, -0.15) is 0 Å². The number of hydrogen-bond donors (Lipinski definition) is 0. The summed E-state index contributed by atoms with van der Waals surface area (Å²) in [6.07, 6.45) is 0.875. The van der Waals surface area contributed by atoms with E-state index in [1.165, 1.54) is 16.9 Å². The minimum atomic E-state index is 0.158. The number of carbonyl (C=O) groups excluding carboxylic acids is 1. The molecule has 0 saturated heterocycles. The molecule has 0 radical (unpaired) electrons. The Labute approximate surface area is 112 Å². The van der Waals surface area contributed by atoms with Gasteiger partial charge in [-0.05, 0) is 17.9 Å². The first-order chi connectivity index (χ1) is 8.41. The van der Waals surface area contributed by atoms with E-state index in [9.17, 15) is 4.79 Å². The Bertz CT molecular complexity index is 561. The average Bonchev–Trinajstić information content (AvgIpc) is 2.69. The smallest absolute Gasteiger partial charge is 0.161 e. The number of hydrogen-bond acceptors (Lipinski definition) is 3. The van der Waals surface area contributed by atoms with Gasteiger partial charge in [0, 0.05) is 5.56 Å². The molecule has 0 aliphatic carbocycles. The summed E-state index contributed by atoms with van der Waals surface area (Å²) in [7, 11) is 0. The third-order valence-electron chi connectivity index (χ3n) is 2.94. The zero-order valence-electron chi connectivity index (χ0n) is 11.2. The lowest BCUT2D eigenvalue weighted by atomic mass is 9.87. The van der Waals surface area contributed by atoms with Crippen molar-refractivity contribution < 1.29 is 4.79 Å². The van der Waals surface area contributed by atoms with Gasteiger partial charge in [0.05, 0.1) is 10.6 Å². The van der Waals surface area contributed by atoms with Gasteiger partial charge in [-0.3, -0.25) is 4.79 Å². The predicted octanol–water partition coefficient (Wildman–Crippen LogP) is 4.23. The topological polar surface area (TPSA) is 30.0 Å². The van der Waals surface area contributed by atoms with Crippen LogP contribution in [0.15, 0.2) is 24.3 Å². The van der Waals surface area contributed by atoms with Gasteiger partial charge in [0.1, 0.15) is 5.01 Å². The summed E-state index contributed by atoms with van der Waals surface area (Å²) >= 11 is 1.45. The van der Waals surface area contributed by atoms with E-state index in [-0.39, 0.29) is 5.41 Å². The van der Waals surface area contributed by atoms with Crippen LogP contribution in [0.25, 0.3) is 10.6 Å². The van der Waals surface area contributed by atoms with Crippen LogP contribution in [0, 0.1) is 6.92 Å². The highest BCUT2D eigenvalue weighted by atomic mass is 32.1. The van der Waals surface area contributed by atoms with Crippen molar-refractivity contribution in [3.8, 4) is 10.6 Å². The fourth-order valence-corrected chi connectivity index (χ4v) is 2.64. The monoisotopic (exact) mass is 259 g/mol. The number of aromatic nitrogens is 1. The largest absolute Gasteiger partial charge is 0.297 e. The van der Waals surface area contributed by atoms with Crippen molar-refractivity contribution in [1.82, 2.24) is 4.98 Å². The van der Waals surface area contributed by atoms with Gasteiger partial charge in [-0.25, -0.2) is 4.98 Å². The number of aldehydes is 1. The maximum Gasteiger partial charge on any atom is 0.161 e. The Balaban J connectivity index is 2.37. The molecule has 0 saturated carbocycles.